The molecule has 0 bridgehead atoms. The fraction of sp³-hybridized carbons (Fsp3) is 0.375. The van der Waals surface area contributed by atoms with Crippen LogP contribution >= 0.6 is 0 Å². The van der Waals surface area contributed by atoms with Crippen LogP contribution in [0.2, 0.25) is 0 Å². The van der Waals surface area contributed by atoms with E-state index in [4.69, 9.17) is 4.55 Å². The molecule has 1 amide bonds. The Hall–Kier alpha value is -1.14. The molecule has 0 saturated heterocycles. The van der Waals surface area contributed by atoms with Crippen LogP contribution in [0.25, 0.3) is 0 Å². The largest absolute Gasteiger partial charge is 0.354 e. The van der Waals surface area contributed by atoms with Crippen molar-refractivity contribution in [3.63, 3.8) is 0 Å². The maximum absolute atomic E-state index is 10.9. The van der Waals surface area contributed by atoms with Crippen molar-refractivity contribution in [2.75, 3.05) is 12.3 Å². The van der Waals surface area contributed by atoms with Gasteiger partial charge in [-0.1, -0.05) is 24.3 Å². The molecule has 0 unspecified atom stereocenters. The Bertz CT molecular complexity index is 357. The van der Waals surface area contributed by atoms with Gasteiger partial charge in [0.15, 0.2) is 5.75 Å². The van der Waals surface area contributed by atoms with Crippen molar-refractivity contribution in [1.82, 2.24) is 5.32 Å². The van der Waals surface area contributed by atoms with Gasteiger partial charge in [-0.25, -0.2) is 0 Å². The van der Waals surface area contributed by atoms with Crippen LogP contribution < -0.4 is 5.32 Å². The predicted octanol–water partition coefficient (Wildman–Crippen LogP) is -0.267. The number of rotatable bonds is 4. The molecule has 6 heteroatoms. The standard InChI is InChI=1S/C8H11NO4S/c10-8(6-14(11,12)13)9-5-7-3-1-2-4-7/h1-4,7H,5-6H2,(H,9,10)(H,11,12,13). The fourth-order valence-electron chi connectivity index (χ4n) is 1.06. The van der Waals surface area contributed by atoms with Crippen LogP contribution in [0.3, 0.4) is 0 Å². The second kappa shape index (κ2) is 4.39. The van der Waals surface area contributed by atoms with Crippen LogP contribution in [0.4, 0.5) is 0 Å². The SMILES string of the molecule is O=C(CS(=O)(=O)O)NCC1C=CC=C1. The Morgan fingerprint density at radius 3 is 2.43 bits per heavy atom. The van der Waals surface area contributed by atoms with Gasteiger partial charge in [-0.3, -0.25) is 9.35 Å². The summed E-state index contributed by atoms with van der Waals surface area (Å²) in [6.45, 7) is 0.349. The van der Waals surface area contributed by atoms with Crippen molar-refractivity contribution >= 4 is 16.0 Å². The van der Waals surface area contributed by atoms with Crippen LogP contribution in [0, 0.1) is 5.92 Å². The normalized spacial score (nSPS) is 16.1. The lowest BCUT2D eigenvalue weighted by Crippen LogP contribution is -2.32. The smallest absolute Gasteiger partial charge is 0.274 e. The van der Waals surface area contributed by atoms with Gasteiger partial charge in [0.25, 0.3) is 10.1 Å². The lowest BCUT2D eigenvalue weighted by Gasteiger charge is -2.06. The number of carbonyl (C=O) groups excluding carboxylic acids is 1. The third kappa shape index (κ3) is 4.20. The van der Waals surface area contributed by atoms with Crippen molar-refractivity contribution in [1.29, 1.82) is 0 Å². The zero-order chi connectivity index (χ0) is 10.6. The summed E-state index contributed by atoms with van der Waals surface area (Å²) in [4.78, 5) is 10.9. The summed E-state index contributed by atoms with van der Waals surface area (Å²) in [5.74, 6) is -1.46. The van der Waals surface area contributed by atoms with Gasteiger partial charge < -0.3 is 5.32 Å². The monoisotopic (exact) mass is 217 g/mol. The van der Waals surface area contributed by atoms with Crippen LogP contribution in [-0.4, -0.2) is 31.2 Å². The number of hydrogen-bond donors (Lipinski definition) is 2. The van der Waals surface area contributed by atoms with Crippen molar-refractivity contribution in [2.24, 2.45) is 5.92 Å². The van der Waals surface area contributed by atoms with Gasteiger partial charge in [-0.05, 0) is 0 Å². The van der Waals surface area contributed by atoms with E-state index in [1.165, 1.54) is 0 Å². The molecule has 0 aromatic heterocycles. The molecule has 0 heterocycles. The van der Waals surface area contributed by atoms with E-state index in [2.05, 4.69) is 5.32 Å². The minimum Gasteiger partial charge on any atom is -0.354 e. The van der Waals surface area contributed by atoms with Crippen molar-refractivity contribution in [3.05, 3.63) is 24.3 Å². The van der Waals surface area contributed by atoms with Crippen LogP contribution in [0.15, 0.2) is 24.3 Å². The molecule has 0 spiro atoms. The third-order valence-electron chi connectivity index (χ3n) is 1.68. The number of amides is 1. The van der Waals surface area contributed by atoms with Gasteiger partial charge in [0.05, 0.1) is 0 Å². The Labute approximate surface area is 82.2 Å². The van der Waals surface area contributed by atoms with Crippen molar-refractivity contribution in [3.8, 4) is 0 Å². The molecular weight excluding hydrogens is 206 g/mol. The van der Waals surface area contributed by atoms with Gasteiger partial charge in [-0.15, -0.1) is 0 Å². The second-order valence-corrected chi connectivity index (χ2v) is 4.42. The summed E-state index contributed by atoms with van der Waals surface area (Å²) in [6.07, 6.45) is 7.46. The molecule has 1 rings (SSSR count). The molecule has 0 aromatic carbocycles. The molecule has 0 aromatic rings. The fourth-order valence-corrected chi connectivity index (χ4v) is 1.50. The average molecular weight is 217 g/mol. The number of allylic oxidation sites excluding steroid dienone is 2. The van der Waals surface area contributed by atoms with E-state index in [0.29, 0.717) is 6.54 Å². The molecule has 2 N–H and O–H groups in total. The highest BCUT2D eigenvalue weighted by atomic mass is 32.2. The number of carbonyl (C=O) groups is 1. The van der Waals surface area contributed by atoms with E-state index in [-0.39, 0.29) is 5.92 Å². The van der Waals surface area contributed by atoms with Crippen LogP contribution in [0.5, 0.6) is 0 Å². The molecule has 1 aliphatic rings. The zero-order valence-electron chi connectivity index (χ0n) is 7.38. The van der Waals surface area contributed by atoms with Gasteiger partial charge in [0.1, 0.15) is 0 Å². The van der Waals surface area contributed by atoms with E-state index in [1.807, 2.05) is 24.3 Å². The van der Waals surface area contributed by atoms with Gasteiger partial charge in [-0.2, -0.15) is 8.42 Å². The first-order chi connectivity index (χ1) is 6.47. The minimum atomic E-state index is -4.22. The van der Waals surface area contributed by atoms with E-state index < -0.39 is 21.8 Å². The van der Waals surface area contributed by atoms with Crippen molar-refractivity contribution < 1.29 is 17.8 Å². The van der Waals surface area contributed by atoms with Gasteiger partial charge in [0, 0.05) is 12.5 Å². The Morgan fingerprint density at radius 2 is 1.93 bits per heavy atom. The summed E-state index contributed by atoms with van der Waals surface area (Å²) in [5, 5.41) is 2.40. The van der Waals surface area contributed by atoms with E-state index in [9.17, 15) is 13.2 Å². The molecule has 0 aliphatic heterocycles. The lowest BCUT2D eigenvalue weighted by atomic mass is 10.2. The number of hydrogen-bond acceptors (Lipinski definition) is 3. The highest BCUT2D eigenvalue weighted by Crippen LogP contribution is 2.06. The minimum absolute atomic E-state index is 0.111. The highest BCUT2D eigenvalue weighted by molar-refractivity contribution is 7.86. The quantitative estimate of drug-likeness (QED) is 0.635. The molecular formula is C8H11NO4S. The first kappa shape index (κ1) is 10.9. The molecule has 1 aliphatic carbocycles. The molecule has 0 saturated carbocycles. The topological polar surface area (TPSA) is 83.5 Å². The van der Waals surface area contributed by atoms with E-state index in [1.54, 1.807) is 0 Å². The second-order valence-electron chi connectivity index (χ2n) is 2.96. The summed E-state index contributed by atoms with van der Waals surface area (Å²) in [7, 11) is -4.22. The molecule has 78 valence electrons. The maximum atomic E-state index is 10.9. The third-order valence-corrected chi connectivity index (χ3v) is 2.30. The van der Waals surface area contributed by atoms with E-state index >= 15 is 0 Å². The predicted molar refractivity (Wildman–Crippen MR) is 51.2 cm³/mol. The Balaban J connectivity index is 2.28. The lowest BCUT2D eigenvalue weighted by molar-refractivity contribution is -0.118. The Morgan fingerprint density at radius 1 is 1.36 bits per heavy atom. The summed E-state index contributed by atoms with van der Waals surface area (Å²) >= 11 is 0. The molecule has 5 nitrogen and oxygen atoms in total. The van der Waals surface area contributed by atoms with Crippen molar-refractivity contribution in [2.45, 2.75) is 0 Å². The summed E-state index contributed by atoms with van der Waals surface area (Å²) in [5.41, 5.74) is 0. The highest BCUT2D eigenvalue weighted by Gasteiger charge is 2.13. The van der Waals surface area contributed by atoms with Gasteiger partial charge in [0.2, 0.25) is 5.91 Å². The first-order valence-corrected chi connectivity index (χ1v) is 5.65. The molecule has 0 radical (unpaired) electrons. The van der Waals surface area contributed by atoms with Gasteiger partial charge >= 0.3 is 0 Å². The zero-order valence-corrected chi connectivity index (χ0v) is 8.20. The maximum Gasteiger partial charge on any atom is 0.274 e. The summed E-state index contributed by atoms with van der Waals surface area (Å²) < 4.78 is 29.0. The average Bonchev–Trinajstić information content (AvgIpc) is 2.49. The Kier molecular flexibility index (Phi) is 3.43. The number of nitrogens with one attached hydrogen (secondary N) is 1. The van der Waals surface area contributed by atoms with E-state index in [0.717, 1.165) is 0 Å². The first-order valence-electron chi connectivity index (χ1n) is 4.04. The van der Waals surface area contributed by atoms with Crippen LogP contribution in [0.1, 0.15) is 0 Å². The summed E-state index contributed by atoms with van der Waals surface area (Å²) in [6, 6.07) is 0. The molecule has 0 atom stereocenters. The molecule has 0 fully saturated rings. The van der Waals surface area contributed by atoms with Crippen LogP contribution in [-0.2, 0) is 14.9 Å². The molecule has 14 heavy (non-hydrogen) atoms.